The van der Waals surface area contributed by atoms with E-state index in [1.165, 1.54) is 12.8 Å². The molecule has 2 aliphatic heterocycles. The molecule has 2 bridgehead atoms. The molecule has 0 amide bonds. The van der Waals surface area contributed by atoms with Crippen molar-refractivity contribution in [3.05, 3.63) is 23.5 Å². The van der Waals surface area contributed by atoms with Crippen molar-refractivity contribution in [2.24, 2.45) is 17.3 Å². The van der Waals surface area contributed by atoms with Gasteiger partial charge in [0.1, 0.15) is 11.6 Å². The number of allylic oxidation sites excluding steroid dienone is 2. The lowest BCUT2D eigenvalue weighted by atomic mass is 9.45. The van der Waals surface area contributed by atoms with Crippen molar-refractivity contribution in [3.63, 3.8) is 0 Å². The molecule has 3 saturated carbocycles. The number of hydrogen-bond acceptors (Lipinski definition) is 4. The van der Waals surface area contributed by atoms with E-state index in [0.29, 0.717) is 18.6 Å². The molecular weight excluding hydrogens is 330 g/mol. The predicted octanol–water partition coefficient (Wildman–Crippen LogP) is 1.51. The van der Waals surface area contributed by atoms with Crippen LogP contribution in [-0.2, 0) is 14.3 Å². The number of hydrogen-bond donors (Lipinski definition) is 1. The number of ketones is 2. The summed E-state index contributed by atoms with van der Waals surface area (Å²) in [5, 5.41) is 12.2. The van der Waals surface area contributed by atoms with Crippen LogP contribution in [0.25, 0.3) is 0 Å². The van der Waals surface area contributed by atoms with Crippen molar-refractivity contribution < 1.29 is 23.9 Å². The van der Waals surface area contributed by atoms with Crippen LogP contribution in [0.2, 0.25) is 0 Å². The van der Waals surface area contributed by atoms with Crippen molar-refractivity contribution in [2.45, 2.75) is 56.3 Å². The molecule has 138 valence electrons. The van der Waals surface area contributed by atoms with Gasteiger partial charge in [-0.15, -0.1) is 0 Å². The van der Waals surface area contributed by atoms with E-state index in [4.69, 9.17) is 4.74 Å². The molecule has 1 spiro atoms. The van der Waals surface area contributed by atoms with E-state index in [9.17, 15) is 14.7 Å². The van der Waals surface area contributed by atoms with Gasteiger partial charge in [0.2, 0.25) is 5.78 Å². The number of nitrogens with zero attached hydrogens (tertiary/aromatic N) is 1. The smallest absolute Gasteiger partial charge is 0.220 e. The third-order valence-electron chi connectivity index (χ3n) is 8.47. The summed E-state index contributed by atoms with van der Waals surface area (Å²) in [4.78, 5) is 25.3. The number of aliphatic hydroxyl groups is 1. The molecule has 0 aromatic carbocycles. The summed E-state index contributed by atoms with van der Waals surface area (Å²) in [6.45, 7) is 2.09. The van der Waals surface area contributed by atoms with E-state index in [1.807, 2.05) is 6.08 Å². The first-order valence-electron chi connectivity index (χ1n) is 10.1. The fourth-order valence-electron chi connectivity index (χ4n) is 7.20. The molecule has 0 aromatic rings. The monoisotopic (exact) mass is 356 g/mol. The highest BCUT2D eigenvalue weighted by molar-refractivity contribution is 6.06. The van der Waals surface area contributed by atoms with Crippen molar-refractivity contribution in [2.75, 3.05) is 20.1 Å². The van der Waals surface area contributed by atoms with Gasteiger partial charge in [-0.05, 0) is 30.9 Å². The van der Waals surface area contributed by atoms with Crippen LogP contribution in [0.3, 0.4) is 0 Å². The third kappa shape index (κ3) is 1.57. The Morgan fingerprint density at radius 2 is 2.12 bits per heavy atom. The number of Topliss-reactive ketones (excluding diaryl/α,β-unsaturated/α-hetero) is 1. The van der Waals surface area contributed by atoms with E-state index < -0.39 is 17.1 Å². The molecule has 6 rings (SSSR count). The Morgan fingerprint density at radius 3 is 2.88 bits per heavy atom. The van der Waals surface area contributed by atoms with E-state index in [1.54, 1.807) is 6.08 Å². The molecule has 4 fully saturated rings. The number of carbonyl (C=O) groups excluding carboxylic acids is 2. The van der Waals surface area contributed by atoms with Gasteiger partial charge in [0.05, 0.1) is 25.6 Å². The highest BCUT2D eigenvalue weighted by atomic mass is 16.5. The first kappa shape index (κ1) is 15.6. The number of ether oxygens (including phenoxy) is 1. The first-order chi connectivity index (χ1) is 12.4. The molecule has 5 nitrogen and oxygen atoms in total. The molecule has 0 aromatic heterocycles. The van der Waals surface area contributed by atoms with Gasteiger partial charge in [0.25, 0.3) is 0 Å². The Labute approximate surface area is 153 Å². The molecule has 6 aliphatic rings. The van der Waals surface area contributed by atoms with Gasteiger partial charge in [-0.2, -0.15) is 0 Å². The Bertz CT molecular complexity index is 811. The standard InChI is InChI=1S/C21H26NO4/c1-22(11-12-2-3-12)9-8-20-17-13-4-5-14(23)18(17)26-19(20)15(24)6-7-21(20,25)16(22)10-13/h4-5,12-13,16,19,25H,2-3,6-11H2,1H3/q+1/t13?,16-,19+,20+,21-,22?/m1/s1. The van der Waals surface area contributed by atoms with Gasteiger partial charge < -0.3 is 14.3 Å². The van der Waals surface area contributed by atoms with Crippen LogP contribution >= 0.6 is 0 Å². The zero-order chi connectivity index (χ0) is 17.9. The maximum atomic E-state index is 12.8. The summed E-state index contributed by atoms with van der Waals surface area (Å²) in [5.41, 5.74) is -0.654. The number of likely N-dealkylation sites (N-methyl/N-ethyl adjacent to an activating group) is 1. The lowest BCUT2D eigenvalue weighted by Crippen LogP contribution is -2.79. The highest BCUT2D eigenvalue weighted by Gasteiger charge is 2.78. The molecule has 5 heteroatoms. The summed E-state index contributed by atoms with van der Waals surface area (Å²) >= 11 is 0. The molecule has 6 atom stereocenters. The van der Waals surface area contributed by atoms with Crippen LogP contribution in [0, 0.1) is 17.3 Å². The molecular formula is C21H26NO4+. The summed E-state index contributed by atoms with van der Waals surface area (Å²) in [6, 6.07) is 0.113. The molecule has 2 heterocycles. The summed E-state index contributed by atoms with van der Waals surface area (Å²) in [7, 11) is 2.31. The molecule has 2 unspecified atom stereocenters. The average molecular weight is 356 g/mol. The number of rotatable bonds is 2. The van der Waals surface area contributed by atoms with Crippen LogP contribution in [-0.4, -0.2) is 59.0 Å². The number of carbonyl (C=O) groups is 2. The van der Waals surface area contributed by atoms with Gasteiger partial charge in [-0.1, -0.05) is 6.08 Å². The third-order valence-corrected chi connectivity index (χ3v) is 8.47. The van der Waals surface area contributed by atoms with Gasteiger partial charge in [0.15, 0.2) is 17.6 Å². The predicted molar refractivity (Wildman–Crippen MR) is 92.8 cm³/mol. The van der Waals surface area contributed by atoms with Crippen molar-refractivity contribution >= 4 is 11.6 Å². The molecule has 26 heavy (non-hydrogen) atoms. The fourth-order valence-corrected chi connectivity index (χ4v) is 7.20. The minimum atomic E-state index is -0.938. The van der Waals surface area contributed by atoms with Crippen molar-refractivity contribution in [1.82, 2.24) is 0 Å². The van der Waals surface area contributed by atoms with Crippen LogP contribution in [0.1, 0.15) is 38.5 Å². The van der Waals surface area contributed by atoms with Crippen LogP contribution in [0.15, 0.2) is 23.5 Å². The quantitative estimate of drug-likeness (QED) is 0.762. The fraction of sp³-hybridized carbons (Fsp3) is 0.714. The van der Waals surface area contributed by atoms with E-state index in [-0.39, 0.29) is 23.5 Å². The summed E-state index contributed by atoms with van der Waals surface area (Å²) < 4.78 is 6.95. The zero-order valence-electron chi connectivity index (χ0n) is 15.2. The number of quaternary nitrogens is 1. The Morgan fingerprint density at radius 1 is 1.31 bits per heavy atom. The van der Waals surface area contributed by atoms with Crippen LogP contribution in [0.4, 0.5) is 0 Å². The molecule has 1 N–H and O–H groups in total. The second-order valence-corrected chi connectivity index (χ2v) is 9.76. The first-order valence-corrected chi connectivity index (χ1v) is 10.1. The molecule has 0 radical (unpaired) electrons. The maximum Gasteiger partial charge on any atom is 0.220 e. The minimum absolute atomic E-state index is 0.0644. The average Bonchev–Trinajstić information content (AvgIpc) is 3.32. The second kappa shape index (κ2) is 4.50. The van der Waals surface area contributed by atoms with E-state index in [0.717, 1.165) is 41.9 Å². The summed E-state index contributed by atoms with van der Waals surface area (Å²) in [5.74, 6) is 1.23. The normalized spacial score (nSPS) is 51.4. The Hall–Kier alpha value is -1.46. The Balaban J connectivity index is 1.55. The minimum Gasteiger partial charge on any atom is -0.477 e. The SMILES string of the molecule is C[N+]1(CC2CC2)CC[C@]23C4=C5O[C@H]2C(=O)CC[C@@]3(O)[C@H]1CC4C=CC5=O. The maximum absolute atomic E-state index is 12.8. The lowest BCUT2D eigenvalue weighted by molar-refractivity contribution is -0.952. The zero-order valence-corrected chi connectivity index (χ0v) is 15.2. The van der Waals surface area contributed by atoms with Gasteiger partial charge >= 0.3 is 0 Å². The van der Waals surface area contributed by atoms with Crippen LogP contribution < -0.4 is 0 Å². The van der Waals surface area contributed by atoms with Gasteiger partial charge in [-0.25, -0.2) is 0 Å². The lowest BCUT2D eigenvalue weighted by Gasteiger charge is -2.66. The van der Waals surface area contributed by atoms with Crippen LogP contribution in [0.5, 0.6) is 0 Å². The second-order valence-electron chi connectivity index (χ2n) is 9.76. The molecule has 4 aliphatic carbocycles. The van der Waals surface area contributed by atoms with E-state index in [2.05, 4.69) is 7.05 Å². The largest absolute Gasteiger partial charge is 0.477 e. The number of likely N-dealkylation sites (tertiary alicyclic amines) is 1. The topological polar surface area (TPSA) is 63.6 Å². The Kier molecular flexibility index (Phi) is 2.70. The van der Waals surface area contributed by atoms with E-state index >= 15 is 0 Å². The van der Waals surface area contributed by atoms with Crippen molar-refractivity contribution in [1.29, 1.82) is 0 Å². The van der Waals surface area contributed by atoms with Gasteiger partial charge in [0, 0.05) is 31.1 Å². The highest BCUT2D eigenvalue weighted by Crippen LogP contribution is 2.68. The van der Waals surface area contributed by atoms with Crippen molar-refractivity contribution in [3.8, 4) is 0 Å². The molecule has 1 saturated heterocycles. The summed E-state index contributed by atoms with van der Waals surface area (Å²) in [6.07, 6.45) is 8.05. The van der Waals surface area contributed by atoms with Gasteiger partial charge in [-0.3, -0.25) is 9.59 Å². The number of piperidine rings is 1.